The summed E-state index contributed by atoms with van der Waals surface area (Å²) >= 11 is 1.93. The number of amides is 1. The highest BCUT2D eigenvalue weighted by molar-refractivity contribution is 8.01. The highest BCUT2D eigenvalue weighted by Crippen LogP contribution is 2.51. The molecule has 0 radical (unpaired) electrons. The Morgan fingerprint density at radius 3 is 2.58 bits per heavy atom. The largest absolute Gasteiger partial charge is 0.357 e. The third kappa shape index (κ3) is 7.28. The topological polar surface area (TPSA) is 65.5 Å². The van der Waals surface area contributed by atoms with E-state index in [1.54, 1.807) is 0 Å². The molecule has 6 heteroatoms. The minimum Gasteiger partial charge on any atom is -0.357 e. The van der Waals surface area contributed by atoms with Crippen molar-refractivity contribution in [2.75, 3.05) is 19.6 Å². The Balaban J connectivity index is 1.80. The van der Waals surface area contributed by atoms with Crippen molar-refractivity contribution in [3.05, 3.63) is 30.3 Å². The second-order valence-electron chi connectivity index (χ2n) is 6.85. The van der Waals surface area contributed by atoms with Crippen LogP contribution in [0, 0.1) is 0 Å². The summed E-state index contributed by atoms with van der Waals surface area (Å²) in [5.41, 5.74) is 0. The molecule has 0 spiro atoms. The van der Waals surface area contributed by atoms with E-state index in [1.807, 2.05) is 24.8 Å². The number of rotatable bonds is 10. The summed E-state index contributed by atoms with van der Waals surface area (Å²) in [4.78, 5) is 17.9. The SMILES string of the molecule is CCNC(=NCC1(Sc2ccccc2)CC1)NCCC(=O)NC(C)CC. The molecular formula is C20H32N4OS. The number of nitrogens with one attached hydrogen (secondary N) is 3. The van der Waals surface area contributed by atoms with E-state index in [4.69, 9.17) is 4.99 Å². The van der Waals surface area contributed by atoms with Gasteiger partial charge in [0.05, 0.1) is 6.54 Å². The number of nitrogens with zero attached hydrogens (tertiary/aromatic N) is 1. The normalized spacial score (nSPS) is 16.7. The number of aliphatic imine (C=N–C) groups is 1. The van der Waals surface area contributed by atoms with Gasteiger partial charge in [0, 0.05) is 35.2 Å². The lowest BCUT2D eigenvalue weighted by molar-refractivity contribution is -0.121. The Hall–Kier alpha value is -1.69. The van der Waals surface area contributed by atoms with Crippen LogP contribution in [0.3, 0.4) is 0 Å². The lowest BCUT2D eigenvalue weighted by Crippen LogP contribution is -2.40. The molecule has 0 aromatic heterocycles. The first-order chi connectivity index (χ1) is 12.6. The molecule has 1 aliphatic rings. The zero-order valence-corrected chi connectivity index (χ0v) is 17.0. The molecule has 144 valence electrons. The molecule has 1 aromatic rings. The summed E-state index contributed by atoms with van der Waals surface area (Å²) in [5.74, 6) is 0.879. The molecule has 1 saturated carbocycles. The Labute approximate surface area is 161 Å². The second-order valence-corrected chi connectivity index (χ2v) is 8.39. The summed E-state index contributed by atoms with van der Waals surface area (Å²) < 4.78 is 0.234. The van der Waals surface area contributed by atoms with Gasteiger partial charge in [-0.2, -0.15) is 0 Å². The number of carbonyl (C=O) groups excluding carboxylic acids is 1. The lowest BCUT2D eigenvalue weighted by atomic mass is 10.2. The minimum absolute atomic E-state index is 0.0843. The zero-order valence-electron chi connectivity index (χ0n) is 16.2. The molecule has 3 N–H and O–H groups in total. The fourth-order valence-electron chi connectivity index (χ4n) is 2.48. The van der Waals surface area contributed by atoms with Crippen LogP contribution in [-0.2, 0) is 4.79 Å². The van der Waals surface area contributed by atoms with E-state index in [0.29, 0.717) is 13.0 Å². The predicted octanol–water partition coefficient (Wildman–Crippen LogP) is 3.17. The van der Waals surface area contributed by atoms with Gasteiger partial charge in [0.1, 0.15) is 0 Å². The monoisotopic (exact) mass is 376 g/mol. The van der Waals surface area contributed by atoms with E-state index < -0.39 is 0 Å². The van der Waals surface area contributed by atoms with Gasteiger partial charge >= 0.3 is 0 Å². The van der Waals surface area contributed by atoms with Crippen LogP contribution in [0.4, 0.5) is 0 Å². The number of hydrogen-bond acceptors (Lipinski definition) is 3. The fraction of sp³-hybridized carbons (Fsp3) is 0.600. The van der Waals surface area contributed by atoms with Crippen molar-refractivity contribution in [3.8, 4) is 0 Å². The van der Waals surface area contributed by atoms with E-state index in [-0.39, 0.29) is 16.7 Å². The number of guanidine groups is 1. The maximum Gasteiger partial charge on any atom is 0.221 e. The molecule has 26 heavy (non-hydrogen) atoms. The highest BCUT2D eigenvalue weighted by atomic mass is 32.2. The summed E-state index contributed by atoms with van der Waals surface area (Å²) in [6.07, 6.45) is 3.81. The van der Waals surface area contributed by atoms with Gasteiger partial charge in [-0.3, -0.25) is 9.79 Å². The van der Waals surface area contributed by atoms with Crippen molar-refractivity contribution in [2.45, 2.75) is 62.1 Å². The van der Waals surface area contributed by atoms with Crippen LogP contribution < -0.4 is 16.0 Å². The third-order valence-corrected chi connectivity index (χ3v) is 5.90. The molecule has 1 amide bonds. The summed E-state index contributed by atoms with van der Waals surface area (Å²) in [7, 11) is 0. The molecule has 0 heterocycles. The van der Waals surface area contributed by atoms with Gasteiger partial charge in [-0.05, 0) is 45.2 Å². The quantitative estimate of drug-likeness (QED) is 0.433. The van der Waals surface area contributed by atoms with Crippen LogP contribution in [-0.4, -0.2) is 42.3 Å². The molecule has 1 aliphatic carbocycles. The summed E-state index contributed by atoms with van der Waals surface area (Å²) in [5, 5.41) is 9.53. The fourth-order valence-corrected chi connectivity index (χ4v) is 3.71. The van der Waals surface area contributed by atoms with Crippen LogP contribution in [0.15, 0.2) is 40.2 Å². The molecular weight excluding hydrogens is 344 g/mol. The van der Waals surface area contributed by atoms with Crippen LogP contribution in [0.25, 0.3) is 0 Å². The van der Waals surface area contributed by atoms with Crippen molar-refractivity contribution in [3.63, 3.8) is 0 Å². The van der Waals surface area contributed by atoms with Gasteiger partial charge in [-0.15, -0.1) is 11.8 Å². The van der Waals surface area contributed by atoms with Crippen molar-refractivity contribution >= 4 is 23.6 Å². The van der Waals surface area contributed by atoms with E-state index in [9.17, 15) is 4.79 Å². The van der Waals surface area contributed by atoms with Gasteiger partial charge in [-0.1, -0.05) is 25.1 Å². The van der Waals surface area contributed by atoms with E-state index in [2.05, 4.69) is 54.1 Å². The zero-order chi connectivity index (χ0) is 18.8. The van der Waals surface area contributed by atoms with Crippen LogP contribution in [0.5, 0.6) is 0 Å². The first-order valence-electron chi connectivity index (χ1n) is 9.62. The van der Waals surface area contributed by atoms with Gasteiger partial charge < -0.3 is 16.0 Å². The first-order valence-corrected chi connectivity index (χ1v) is 10.4. The van der Waals surface area contributed by atoms with Gasteiger partial charge in [-0.25, -0.2) is 0 Å². The smallest absolute Gasteiger partial charge is 0.221 e. The second kappa shape index (κ2) is 10.5. The van der Waals surface area contributed by atoms with E-state index in [1.165, 1.54) is 17.7 Å². The average molecular weight is 377 g/mol. The molecule has 0 aliphatic heterocycles. The molecule has 5 nitrogen and oxygen atoms in total. The first kappa shape index (κ1) is 20.6. The van der Waals surface area contributed by atoms with Crippen LogP contribution in [0.1, 0.15) is 46.5 Å². The molecule has 2 rings (SSSR count). The average Bonchev–Trinajstić information content (AvgIpc) is 3.40. The maximum absolute atomic E-state index is 11.9. The Kier molecular flexibility index (Phi) is 8.29. The Morgan fingerprint density at radius 2 is 1.96 bits per heavy atom. The number of hydrogen-bond donors (Lipinski definition) is 3. The van der Waals surface area contributed by atoms with Gasteiger partial charge in [0.25, 0.3) is 0 Å². The van der Waals surface area contributed by atoms with Crippen molar-refractivity contribution < 1.29 is 4.79 Å². The Morgan fingerprint density at radius 1 is 1.23 bits per heavy atom. The predicted molar refractivity (Wildman–Crippen MR) is 111 cm³/mol. The standard InChI is InChI=1S/C20H32N4OS/c1-4-16(3)24-18(25)11-14-22-19(21-5-2)23-15-20(12-13-20)26-17-9-7-6-8-10-17/h6-10,16H,4-5,11-15H2,1-3H3,(H,24,25)(H2,21,22,23). The number of thioether (sulfide) groups is 1. The van der Waals surface area contributed by atoms with Crippen LogP contribution in [0.2, 0.25) is 0 Å². The minimum atomic E-state index is 0.0843. The van der Waals surface area contributed by atoms with Crippen LogP contribution >= 0.6 is 11.8 Å². The van der Waals surface area contributed by atoms with Crippen molar-refractivity contribution in [2.24, 2.45) is 4.99 Å². The lowest BCUT2D eigenvalue weighted by Gasteiger charge is -2.16. The summed E-state index contributed by atoms with van der Waals surface area (Å²) in [6.45, 7) is 8.34. The molecule has 1 atom stereocenters. The summed E-state index contributed by atoms with van der Waals surface area (Å²) in [6, 6.07) is 10.8. The van der Waals surface area contributed by atoms with Crippen molar-refractivity contribution in [1.29, 1.82) is 0 Å². The Bertz CT molecular complexity index is 587. The molecule has 1 aromatic carbocycles. The molecule has 1 unspecified atom stereocenters. The number of carbonyl (C=O) groups is 1. The number of benzene rings is 1. The highest BCUT2D eigenvalue weighted by Gasteiger charge is 2.43. The molecule has 1 fully saturated rings. The third-order valence-electron chi connectivity index (χ3n) is 4.42. The van der Waals surface area contributed by atoms with E-state index >= 15 is 0 Å². The van der Waals surface area contributed by atoms with Crippen molar-refractivity contribution in [1.82, 2.24) is 16.0 Å². The van der Waals surface area contributed by atoms with Gasteiger partial charge in [0.2, 0.25) is 5.91 Å². The molecule has 0 saturated heterocycles. The molecule has 0 bridgehead atoms. The maximum atomic E-state index is 11.9. The van der Waals surface area contributed by atoms with Gasteiger partial charge in [0.15, 0.2) is 5.96 Å². The van der Waals surface area contributed by atoms with E-state index in [0.717, 1.165) is 25.5 Å².